The molecule has 17 heavy (non-hydrogen) atoms. The van der Waals surface area contributed by atoms with E-state index >= 15 is 0 Å². The van der Waals surface area contributed by atoms with Crippen molar-refractivity contribution in [2.24, 2.45) is 10.3 Å². The minimum absolute atomic E-state index is 0.00849. The molecule has 0 saturated carbocycles. The highest BCUT2D eigenvalue weighted by molar-refractivity contribution is 6.16. The van der Waals surface area contributed by atoms with Gasteiger partial charge in [-0.05, 0) is 24.3 Å². The Hall–Kier alpha value is -1.82. The minimum atomic E-state index is -0.00849. The molecule has 0 atom stereocenters. The lowest BCUT2D eigenvalue weighted by Gasteiger charge is -2.31. The SMILES string of the molecule is O=NCN1CCN(N=C2C=CC(=O)C=C2)CC1. The number of ketones is 1. The zero-order valence-corrected chi connectivity index (χ0v) is 9.45. The van der Waals surface area contributed by atoms with E-state index in [1.165, 1.54) is 12.2 Å². The normalized spacial score (nSPS) is 20.8. The van der Waals surface area contributed by atoms with Gasteiger partial charge in [0.05, 0.1) is 5.71 Å². The summed E-state index contributed by atoms with van der Waals surface area (Å²) >= 11 is 0. The van der Waals surface area contributed by atoms with Crippen molar-refractivity contribution in [2.75, 3.05) is 32.8 Å². The molecule has 0 aromatic rings. The molecule has 2 rings (SSSR count). The molecule has 1 fully saturated rings. The second kappa shape index (κ2) is 5.49. The maximum absolute atomic E-state index is 10.9. The van der Waals surface area contributed by atoms with Crippen LogP contribution in [0.25, 0.3) is 0 Å². The van der Waals surface area contributed by atoms with Crippen LogP contribution in [-0.4, -0.2) is 54.3 Å². The summed E-state index contributed by atoms with van der Waals surface area (Å²) in [6.07, 6.45) is 6.43. The molecule has 6 nitrogen and oxygen atoms in total. The molecule has 0 bridgehead atoms. The Kier molecular flexibility index (Phi) is 3.77. The Morgan fingerprint density at radius 1 is 1.06 bits per heavy atom. The van der Waals surface area contributed by atoms with Crippen molar-refractivity contribution < 1.29 is 4.79 Å². The minimum Gasteiger partial charge on any atom is -0.294 e. The second-order valence-corrected chi connectivity index (χ2v) is 3.94. The summed E-state index contributed by atoms with van der Waals surface area (Å²) in [6, 6.07) is 0. The third-order valence-corrected chi connectivity index (χ3v) is 2.70. The van der Waals surface area contributed by atoms with Crippen LogP contribution in [-0.2, 0) is 4.79 Å². The van der Waals surface area contributed by atoms with Crippen LogP contribution < -0.4 is 0 Å². The van der Waals surface area contributed by atoms with E-state index in [0.717, 1.165) is 31.9 Å². The molecule has 1 aliphatic heterocycles. The van der Waals surface area contributed by atoms with E-state index < -0.39 is 0 Å². The summed E-state index contributed by atoms with van der Waals surface area (Å²) in [5, 5.41) is 9.23. The molecule has 0 N–H and O–H groups in total. The van der Waals surface area contributed by atoms with Crippen LogP contribution >= 0.6 is 0 Å². The molecule has 0 aromatic carbocycles. The van der Waals surface area contributed by atoms with Crippen molar-refractivity contribution in [2.45, 2.75) is 0 Å². The van der Waals surface area contributed by atoms with Crippen molar-refractivity contribution in [3.05, 3.63) is 29.2 Å². The molecular weight excluding hydrogens is 220 g/mol. The molecule has 0 radical (unpaired) electrons. The second-order valence-electron chi connectivity index (χ2n) is 3.94. The lowest BCUT2D eigenvalue weighted by atomic mass is 10.2. The number of piperazine rings is 1. The van der Waals surface area contributed by atoms with Gasteiger partial charge in [-0.3, -0.25) is 14.7 Å². The van der Waals surface area contributed by atoms with E-state index in [2.05, 4.69) is 10.3 Å². The highest BCUT2D eigenvalue weighted by Gasteiger charge is 2.15. The summed E-state index contributed by atoms with van der Waals surface area (Å²) in [4.78, 5) is 23.0. The summed E-state index contributed by atoms with van der Waals surface area (Å²) in [5.74, 6) is -0.00849. The summed E-state index contributed by atoms with van der Waals surface area (Å²) in [6.45, 7) is 3.37. The zero-order chi connectivity index (χ0) is 12.1. The molecule has 1 aliphatic carbocycles. The Bertz CT molecular complexity index is 374. The predicted molar refractivity (Wildman–Crippen MR) is 64.5 cm³/mol. The van der Waals surface area contributed by atoms with Gasteiger partial charge in [0.15, 0.2) is 5.78 Å². The van der Waals surface area contributed by atoms with Crippen LogP contribution in [0.4, 0.5) is 0 Å². The lowest BCUT2D eigenvalue weighted by Crippen LogP contribution is -2.44. The van der Waals surface area contributed by atoms with Gasteiger partial charge in [-0.1, -0.05) is 5.18 Å². The molecule has 1 heterocycles. The van der Waals surface area contributed by atoms with Gasteiger partial charge in [0, 0.05) is 26.2 Å². The van der Waals surface area contributed by atoms with Gasteiger partial charge in [0.2, 0.25) is 0 Å². The Labute approximate surface area is 99.2 Å². The third-order valence-electron chi connectivity index (χ3n) is 2.70. The van der Waals surface area contributed by atoms with E-state index in [0.29, 0.717) is 0 Å². The quantitative estimate of drug-likeness (QED) is 0.523. The number of nitrogens with zero attached hydrogens (tertiary/aromatic N) is 4. The van der Waals surface area contributed by atoms with Gasteiger partial charge in [-0.2, -0.15) is 5.10 Å². The molecule has 0 unspecified atom stereocenters. The lowest BCUT2D eigenvalue weighted by molar-refractivity contribution is -0.110. The highest BCUT2D eigenvalue weighted by Crippen LogP contribution is 2.04. The van der Waals surface area contributed by atoms with Crippen LogP contribution in [0.3, 0.4) is 0 Å². The van der Waals surface area contributed by atoms with Crippen LogP contribution in [0.2, 0.25) is 0 Å². The van der Waals surface area contributed by atoms with E-state index in [9.17, 15) is 9.70 Å². The molecule has 0 amide bonds. The molecule has 6 heteroatoms. The van der Waals surface area contributed by atoms with E-state index in [4.69, 9.17) is 0 Å². The molecule has 90 valence electrons. The fraction of sp³-hybridized carbons (Fsp3) is 0.455. The van der Waals surface area contributed by atoms with Crippen LogP contribution in [0.1, 0.15) is 0 Å². The smallest absolute Gasteiger partial charge is 0.178 e. The summed E-state index contributed by atoms with van der Waals surface area (Å²) in [7, 11) is 0. The van der Waals surface area contributed by atoms with Gasteiger partial charge in [0.1, 0.15) is 6.67 Å². The highest BCUT2D eigenvalue weighted by atomic mass is 16.3. The summed E-state index contributed by atoms with van der Waals surface area (Å²) in [5.41, 5.74) is 0.784. The van der Waals surface area contributed by atoms with E-state index in [1.807, 2.05) is 9.91 Å². The van der Waals surface area contributed by atoms with Crippen molar-refractivity contribution in [3.63, 3.8) is 0 Å². The standard InChI is InChI=1S/C11H14N4O2/c16-11-3-1-10(2-4-11)13-15-7-5-14(6-8-15)9-12-17/h1-4H,5-9H2. The number of carbonyl (C=O) groups excluding carboxylic acids is 1. The first kappa shape index (κ1) is 11.7. The maximum atomic E-state index is 10.9. The largest absolute Gasteiger partial charge is 0.294 e. The van der Waals surface area contributed by atoms with E-state index in [-0.39, 0.29) is 12.5 Å². The van der Waals surface area contributed by atoms with Crippen molar-refractivity contribution >= 4 is 11.5 Å². The molecule has 0 aromatic heterocycles. The maximum Gasteiger partial charge on any atom is 0.178 e. The molecule has 1 saturated heterocycles. The topological polar surface area (TPSA) is 65.3 Å². The fourth-order valence-electron chi connectivity index (χ4n) is 1.74. The Morgan fingerprint density at radius 2 is 1.71 bits per heavy atom. The summed E-state index contributed by atoms with van der Waals surface area (Å²) < 4.78 is 0. The number of hydrazone groups is 1. The van der Waals surface area contributed by atoms with Crippen molar-refractivity contribution in [1.29, 1.82) is 0 Å². The van der Waals surface area contributed by atoms with Gasteiger partial charge in [0.25, 0.3) is 0 Å². The average molecular weight is 234 g/mol. The first-order chi connectivity index (χ1) is 8.28. The van der Waals surface area contributed by atoms with Gasteiger partial charge in [-0.25, -0.2) is 0 Å². The molecule has 2 aliphatic rings. The fourth-order valence-corrected chi connectivity index (χ4v) is 1.74. The van der Waals surface area contributed by atoms with Crippen LogP contribution in [0.15, 0.2) is 34.6 Å². The monoisotopic (exact) mass is 234 g/mol. The number of hydrogen-bond donors (Lipinski definition) is 0. The number of hydrogen-bond acceptors (Lipinski definition) is 6. The van der Waals surface area contributed by atoms with Crippen LogP contribution in [0, 0.1) is 4.91 Å². The number of carbonyl (C=O) groups is 1. The van der Waals surface area contributed by atoms with Crippen molar-refractivity contribution in [1.82, 2.24) is 9.91 Å². The molecule has 0 spiro atoms. The Morgan fingerprint density at radius 3 is 2.29 bits per heavy atom. The average Bonchev–Trinajstić information content (AvgIpc) is 2.35. The Balaban J connectivity index is 1.87. The number of nitroso groups, excluding NO2 is 1. The van der Waals surface area contributed by atoms with E-state index in [1.54, 1.807) is 12.2 Å². The van der Waals surface area contributed by atoms with Gasteiger partial charge < -0.3 is 0 Å². The first-order valence-corrected chi connectivity index (χ1v) is 5.53. The number of allylic oxidation sites excluding steroid dienone is 4. The van der Waals surface area contributed by atoms with Gasteiger partial charge >= 0.3 is 0 Å². The number of rotatable bonds is 3. The molecular formula is C11H14N4O2. The zero-order valence-electron chi connectivity index (χ0n) is 9.45. The third kappa shape index (κ3) is 3.32. The predicted octanol–water partition coefficient (Wildman–Crippen LogP) is 0.379. The first-order valence-electron chi connectivity index (χ1n) is 5.53. The van der Waals surface area contributed by atoms with Crippen molar-refractivity contribution in [3.8, 4) is 0 Å². The van der Waals surface area contributed by atoms with Gasteiger partial charge in [-0.15, -0.1) is 4.91 Å². The van der Waals surface area contributed by atoms with Crippen LogP contribution in [0.5, 0.6) is 0 Å².